The number of rotatable bonds is 3. The number of anilines is 1. The number of nitrogens with zero attached hydrogens (tertiary/aromatic N) is 4. The molecule has 3 aliphatic rings. The smallest absolute Gasteiger partial charge is 0.371 e. The van der Waals surface area contributed by atoms with Crippen molar-refractivity contribution in [2.24, 2.45) is 5.92 Å². The van der Waals surface area contributed by atoms with Crippen LogP contribution in [0.3, 0.4) is 0 Å². The SMILES string of the molecule is Cc1nc2c(c3c1CN(C(=O)CC1CN(c4ccnc(C(F)(F)F)c4)C1)C3)CCC2. The molecule has 30 heavy (non-hydrogen) atoms. The van der Waals surface area contributed by atoms with Gasteiger partial charge in [-0.2, -0.15) is 13.2 Å². The minimum Gasteiger partial charge on any atom is -0.371 e. The predicted molar refractivity (Wildman–Crippen MR) is 105 cm³/mol. The van der Waals surface area contributed by atoms with Gasteiger partial charge in [0.15, 0.2) is 0 Å². The van der Waals surface area contributed by atoms with Gasteiger partial charge in [-0.15, -0.1) is 0 Å². The summed E-state index contributed by atoms with van der Waals surface area (Å²) in [5, 5.41) is 0. The van der Waals surface area contributed by atoms with E-state index >= 15 is 0 Å². The van der Waals surface area contributed by atoms with Crippen molar-refractivity contribution in [2.45, 2.75) is 51.9 Å². The van der Waals surface area contributed by atoms with Crippen molar-refractivity contribution in [2.75, 3.05) is 18.0 Å². The normalized spacial score (nSPS) is 18.4. The van der Waals surface area contributed by atoms with Crippen molar-refractivity contribution in [1.29, 1.82) is 0 Å². The van der Waals surface area contributed by atoms with Crippen molar-refractivity contribution in [3.8, 4) is 0 Å². The highest BCUT2D eigenvalue weighted by Gasteiger charge is 2.36. The monoisotopic (exact) mass is 416 g/mol. The number of halogens is 3. The molecule has 0 saturated carbocycles. The van der Waals surface area contributed by atoms with E-state index < -0.39 is 11.9 Å². The van der Waals surface area contributed by atoms with Gasteiger partial charge >= 0.3 is 6.18 Å². The van der Waals surface area contributed by atoms with Gasteiger partial charge in [0.2, 0.25) is 5.91 Å². The summed E-state index contributed by atoms with van der Waals surface area (Å²) < 4.78 is 38.6. The molecule has 0 radical (unpaired) electrons. The van der Waals surface area contributed by atoms with Gasteiger partial charge in [-0.05, 0) is 55.0 Å². The maximum atomic E-state index is 12.9. The Balaban J connectivity index is 1.20. The zero-order chi connectivity index (χ0) is 21.0. The summed E-state index contributed by atoms with van der Waals surface area (Å²) >= 11 is 0. The van der Waals surface area contributed by atoms with Crippen LogP contribution in [0.15, 0.2) is 18.3 Å². The highest BCUT2D eigenvalue weighted by atomic mass is 19.4. The van der Waals surface area contributed by atoms with Crippen LogP contribution in [0.2, 0.25) is 0 Å². The number of hydrogen-bond donors (Lipinski definition) is 0. The van der Waals surface area contributed by atoms with Crippen LogP contribution in [-0.4, -0.2) is 33.9 Å². The minimum absolute atomic E-state index is 0.118. The summed E-state index contributed by atoms with van der Waals surface area (Å²) in [6.45, 7) is 4.48. The molecule has 5 nitrogen and oxygen atoms in total. The van der Waals surface area contributed by atoms with E-state index in [0.29, 0.717) is 38.3 Å². The second kappa shape index (κ2) is 6.96. The lowest BCUT2D eigenvalue weighted by atomic mass is 9.95. The Hall–Kier alpha value is -2.64. The van der Waals surface area contributed by atoms with Gasteiger partial charge in [0.05, 0.1) is 0 Å². The van der Waals surface area contributed by atoms with Gasteiger partial charge in [-0.3, -0.25) is 14.8 Å². The van der Waals surface area contributed by atoms with Crippen molar-refractivity contribution >= 4 is 11.6 Å². The highest BCUT2D eigenvalue weighted by molar-refractivity contribution is 5.78. The number of carbonyl (C=O) groups is 1. The van der Waals surface area contributed by atoms with E-state index in [1.54, 1.807) is 6.07 Å². The summed E-state index contributed by atoms with van der Waals surface area (Å²) in [6.07, 6.45) is 0.378. The third-order valence-corrected chi connectivity index (χ3v) is 6.53. The molecule has 0 atom stereocenters. The Morgan fingerprint density at radius 2 is 1.93 bits per heavy atom. The fourth-order valence-corrected chi connectivity index (χ4v) is 4.92. The van der Waals surface area contributed by atoms with Gasteiger partial charge in [-0.25, -0.2) is 0 Å². The lowest BCUT2D eigenvalue weighted by Gasteiger charge is -2.41. The molecule has 4 heterocycles. The number of pyridine rings is 2. The topological polar surface area (TPSA) is 49.3 Å². The Kier molecular flexibility index (Phi) is 4.48. The van der Waals surface area contributed by atoms with E-state index in [4.69, 9.17) is 4.98 Å². The van der Waals surface area contributed by atoms with Crippen LogP contribution in [0.1, 0.15) is 46.6 Å². The number of aryl methyl sites for hydroxylation is 2. The van der Waals surface area contributed by atoms with Crippen molar-refractivity contribution < 1.29 is 18.0 Å². The van der Waals surface area contributed by atoms with E-state index in [-0.39, 0.29) is 11.8 Å². The maximum absolute atomic E-state index is 12.9. The number of hydrogen-bond acceptors (Lipinski definition) is 4. The molecule has 1 saturated heterocycles. The maximum Gasteiger partial charge on any atom is 0.433 e. The first kappa shape index (κ1) is 19.3. The summed E-state index contributed by atoms with van der Waals surface area (Å²) in [4.78, 5) is 24.8. The van der Waals surface area contributed by atoms with Crippen LogP contribution in [0.4, 0.5) is 18.9 Å². The van der Waals surface area contributed by atoms with E-state index in [1.165, 1.54) is 28.6 Å². The first-order valence-electron chi connectivity index (χ1n) is 10.4. The Morgan fingerprint density at radius 1 is 1.17 bits per heavy atom. The van der Waals surface area contributed by atoms with E-state index in [9.17, 15) is 18.0 Å². The quantitative estimate of drug-likeness (QED) is 0.766. The first-order valence-corrected chi connectivity index (χ1v) is 10.4. The van der Waals surface area contributed by atoms with Gasteiger partial charge in [0.1, 0.15) is 5.69 Å². The van der Waals surface area contributed by atoms with Gasteiger partial charge in [0.25, 0.3) is 0 Å². The van der Waals surface area contributed by atoms with Crippen LogP contribution in [0.25, 0.3) is 0 Å². The van der Waals surface area contributed by atoms with Crippen LogP contribution in [0, 0.1) is 12.8 Å². The molecular formula is C22H23F3N4O. The third-order valence-electron chi connectivity index (χ3n) is 6.53. The largest absolute Gasteiger partial charge is 0.433 e. The highest BCUT2D eigenvalue weighted by Crippen LogP contribution is 2.36. The number of fused-ring (bicyclic) bond motifs is 3. The fourth-order valence-electron chi connectivity index (χ4n) is 4.92. The Bertz CT molecular complexity index is 1010. The summed E-state index contributed by atoms with van der Waals surface area (Å²) in [5.41, 5.74) is 5.71. The molecule has 1 aliphatic carbocycles. The van der Waals surface area contributed by atoms with Gasteiger partial charge in [-0.1, -0.05) is 0 Å². The molecule has 1 fully saturated rings. The first-order chi connectivity index (χ1) is 14.3. The van der Waals surface area contributed by atoms with Crippen LogP contribution < -0.4 is 4.90 Å². The predicted octanol–water partition coefficient (Wildman–Crippen LogP) is 3.66. The van der Waals surface area contributed by atoms with Crippen molar-refractivity contribution in [1.82, 2.24) is 14.9 Å². The molecule has 0 N–H and O–H groups in total. The molecule has 0 unspecified atom stereocenters. The number of aromatic nitrogens is 2. The van der Waals surface area contributed by atoms with Gasteiger partial charge in [0, 0.05) is 61.8 Å². The van der Waals surface area contributed by atoms with Crippen molar-refractivity contribution in [3.05, 3.63) is 52.1 Å². The second-order valence-corrected chi connectivity index (χ2v) is 8.56. The minimum atomic E-state index is -4.45. The van der Waals surface area contributed by atoms with E-state index in [1.807, 2.05) is 16.7 Å². The lowest BCUT2D eigenvalue weighted by Crippen LogP contribution is -2.48. The molecule has 2 aliphatic heterocycles. The molecule has 0 aromatic carbocycles. The number of alkyl halides is 3. The molecule has 8 heteroatoms. The molecular weight excluding hydrogens is 393 g/mol. The standard InChI is InChI=1S/C22H23F3N4O/c1-13-17-11-29(12-18(17)16-3-2-4-19(16)27-13)21(30)7-14-9-28(10-14)15-5-6-26-20(8-15)22(23,24)25/h5-6,8,14H,2-4,7,9-12H2,1H3. The van der Waals surface area contributed by atoms with Crippen molar-refractivity contribution in [3.63, 3.8) is 0 Å². The zero-order valence-electron chi connectivity index (χ0n) is 16.8. The van der Waals surface area contributed by atoms with Crippen LogP contribution in [-0.2, 0) is 36.9 Å². The molecule has 5 rings (SSSR count). The molecule has 158 valence electrons. The summed E-state index contributed by atoms with van der Waals surface area (Å²) in [6, 6.07) is 2.66. The van der Waals surface area contributed by atoms with Crippen LogP contribution in [0.5, 0.6) is 0 Å². The average molecular weight is 416 g/mol. The molecule has 1 amide bonds. The number of carbonyl (C=O) groups excluding carboxylic acids is 1. The average Bonchev–Trinajstić information content (AvgIpc) is 3.30. The van der Waals surface area contributed by atoms with E-state index in [2.05, 4.69) is 4.98 Å². The Labute approximate surface area is 172 Å². The Morgan fingerprint density at radius 3 is 2.70 bits per heavy atom. The molecule has 2 aromatic rings. The molecule has 0 spiro atoms. The number of amides is 1. The zero-order valence-corrected chi connectivity index (χ0v) is 16.8. The summed E-state index contributed by atoms with van der Waals surface area (Å²) in [7, 11) is 0. The molecule has 2 aromatic heterocycles. The van der Waals surface area contributed by atoms with Crippen LogP contribution >= 0.6 is 0 Å². The van der Waals surface area contributed by atoms with Gasteiger partial charge < -0.3 is 9.80 Å². The molecule has 0 bridgehead atoms. The summed E-state index contributed by atoms with van der Waals surface area (Å²) in [5.74, 6) is 0.279. The second-order valence-electron chi connectivity index (χ2n) is 8.56. The third kappa shape index (κ3) is 3.32. The van der Waals surface area contributed by atoms with E-state index in [0.717, 1.165) is 31.0 Å². The lowest BCUT2D eigenvalue weighted by molar-refractivity contribution is -0.141. The fraction of sp³-hybridized carbons (Fsp3) is 0.500.